The van der Waals surface area contributed by atoms with Crippen molar-refractivity contribution in [1.82, 2.24) is 0 Å². The van der Waals surface area contributed by atoms with Crippen LogP contribution in [0.3, 0.4) is 0 Å². The second-order valence-electron chi connectivity index (χ2n) is 1.82. The highest BCUT2D eigenvalue weighted by atomic mass is 35.5. The summed E-state index contributed by atoms with van der Waals surface area (Å²) in [5.41, 5.74) is 0. The first-order chi connectivity index (χ1) is 4.63. The summed E-state index contributed by atoms with van der Waals surface area (Å²) in [6, 6.07) is 0. The van der Waals surface area contributed by atoms with Crippen molar-refractivity contribution >= 4 is 17.9 Å². The van der Waals surface area contributed by atoms with Gasteiger partial charge in [0.2, 0.25) is 0 Å². The van der Waals surface area contributed by atoms with Crippen molar-refractivity contribution in [3.8, 4) is 0 Å². The van der Waals surface area contributed by atoms with Crippen LogP contribution >= 0.6 is 11.6 Å². The molecule has 0 aromatic carbocycles. The third kappa shape index (κ3) is 2.62. The molecule has 3 atom stereocenters. The minimum Gasteiger partial charge on any atom is -0.394 e. The minimum atomic E-state index is -1.43. The lowest BCUT2D eigenvalue weighted by molar-refractivity contribution is -0.116. The lowest BCUT2D eigenvalue weighted by atomic mass is 10.2. The van der Waals surface area contributed by atoms with E-state index in [1.165, 1.54) is 0 Å². The molecule has 0 amide bonds. The standard InChI is InChI=1S/C5H9ClO4/c6-5(3(9)1-7)4(10)2-8/h1,3-5,8-10H,2H2/t3-,4+,5+/m0/s1. The van der Waals surface area contributed by atoms with Gasteiger partial charge in [0, 0.05) is 0 Å². The smallest absolute Gasteiger partial charge is 0.150 e. The largest absolute Gasteiger partial charge is 0.394 e. The Morgan fingerprint density at radius 1 is 1.50 bits per heavy atom. The number of aldehydes is 1. The van der Waals surface area contributed by atoms with Gasteiger partial charge in [-0.15, -0.1) is 11.6 Å². The zero-order valence-electron chi connectivity index (χ0n) is 5.14. The van der Waals surface area contributed by atoms with Gasteiger partial charge in [0.1, 0.15) is 12.4 Å². The average molecular weight is 169 g/mol. The van der Waals surface area contributed by atoms with Crippen LogP contribution in [0.15, 0.2) is 0 Å². The van der Waals surface area contributed by atoms with Crippen LogP contribution in [-0.2, 0) is 4.79 Å². The van der Waals surface area contributed by atoms with E-state index in [2.05, 4.69) is 0 Å². The molecular weight excluding hydrogens is 160 g/mol. The molecule has 5 heteroatoms. The Morgan fingerprint density at radius 2 is 2.00 bits per heavy atom. The number of halogens is 1. The molecule has 0 saturated carbocycles. The summed E-state index contributed by atoms with van der Waals surface area (Å²) >= 11 is 5.29. The molecule has 0 fully saturated rings. The fourth-order valence-electron chi connectivity index (χ4n) is 0.403. The van der Waals surface area contributed by atoms with Crippen molar-refractivity contribution in [1.29, 1.82) is 0 Å². The van der Waals surface area contributed by atoms with Gasteiger partial charge in [0.15, 0.2) is 0 Å². The predicted octanol–water partition coefficient (Wildman–Crippen LogP) is -1.49. The van der Waals surface area contributed by atoms with E-state index in [0.717, 1.165) is 0 Å². The molecule has 0 saturated heterocycles. The first-order valence-corrected chi connectivity index (χ1v) is 3.13. The summed E-state index contributed by atoms with van der Waals surface area (Å²) in [6.45, 7) is -0.570. The third-order valence-corrected chi connectivity index (χ3v) is 1.57. The Labute approximate surface area is 63.0 Å². The lowest BCUT2D eigenvalue weighted by Crippen LogP contribution is -2.36. The van der Waals surface area contributed by atoms with Crippen molar-refractivity contribution in [3.05, 3.63) is 0 Å². The van der Waals surface area contributed by atoms with Gasteiger partial charge in [-0.3, -0.25) is 0 Å². The first-order valence-electron chi connectivity index (χ1n) is 2.69. The summed E-state index contributed by atoms with van der Waals surface area (Å²) in [5, 5.41) is 24.5. The van der Waals surface area contributed by atoms with Crippen molar-refractivity contribution in [3.63, 3.8) is 0 Å². The molecule has 0 unspecified atom stereocenters. The molecule has 0 radical (unpaired) electrons. The van der Waals surface area contributed by atoms with Crippen molar-refractivity contribution in [2.75, 3.05) is 6.61 Å². The van der Waals surface area contributed by atoms with E-state index in [0.29, 0.717) is 0 Å². The van der Waals surface area contributed by atoms with E-state index in [1.54, 1.807) is 0 Å². The number of aliphatic hydroxyl groups is 3. The molecule has 60 valence electrons. The van der Waals surface area contributed by atoms with Gasteiger partial charge >= 0.3 is 0 Å². The number of carbonyl (C=O) groups excluding carboxylic acids is 1. The Balaban J connectivity index is 3.80. The van der Waals surface area contributed by atoms with Crippen LogP contribution in [0.4, 0.5) is 0 Å². The molecule has 0 rings (SSSR count). The van der Waals surface area contributed by atoms with Gasteiger partial charge in [0.25, 0.3) is 0 Å². The van der Waals surface area contributed by atoms with Crippen LogP contribution in [-0.4, -0.2) is 45.8 Å². The Hall–Kier alpha value is -0.160. The number of hydrogen-bond acceptors (Lipinski definition) is 4. The molecule has 0 bridgehead atoms. The van der Waals surface area contributed by atoms with E-state index in [-0.39, 0.29) is 6.29 Å². The maximum absolute atomic E-state index is 9.84. The molecule has 0 spiro atoms. The second kappa shape index (κ2) is 4.62. The van der Waals surface area contributed by atoms with Gasteiger partial charge in [0.05, 0.1) is 18.1 Å². The van der Waals surface area contributed by atoms with E-state index in [4.69, 9.17) is 26.9 Å². The molecule has 0 aromatic rings. The van der Waals surface area contributed by atoms with Crippen molar-refractivity contribution in [2.45, 2.75) is 17.6 Å². The van der Waals surface area contributed by atoms with Crippen molar-refractivity contribution in [2.24, 2.45) is 0 Å². The fourth-order valence-corrected chi connectivity index (χ4v) is 0.542. The van der Waals surface area contributed by atoms with Gasteiger partial charge in [-0.25, -0.2) is 0 Å². The van der Waals surface area contributed by atoms with E-state index in [1.807, 2.05) is 0 Å². The molecule has 10 heavy (non-hydrogen) atoms. The molecule has 4 nitrogen and oxygen atoms in total. The monoisotopic (exact) mass is 168 g/mol. The second-order valence-corrected chi connectivity index (χ2v) is 2.32. The number of carbonyl (C=O) groups is 1. The highest BCUT2D eigenvalue weighted by Gasteiger charge is 2.23. The number of hydrogen-bond donors (Lipinski definition) is 3. The molecule has 0 aliphatic rings. The molecule has 0 aliphatic carbocycles. The molecule has 0 aromatic heterocycles. The summed E-state index contributed by atoms with van der Waals surface area (Å²) in [5.74, 6) is 0. The Bertz CT molecular complexity index is 108. The van der Waals surface area contributed by atoms with Gasteiger partial charge < -0.3 is 20.1 Å². The molecular formula is C5H9ClO4. The molecule has 0 heterocycles. The SMILES string of the molecule is O=C[C@H](O)[C@@H](Cl)[C@H](O)CO. The third-order valence-electron chi connectivity index (χ3n) is 1.02. The summed E-state index contributed by atoms with van der Waals surface area (Å²) in [7, 11) is 0. The number of aliphatic hydroxyl groups excluding tert-OH is 3. The maximum Gasteiger partial charge on any atom is 0.150 e. The highest BCUT2D eigenvalue weighted by Crippen LogP contribution is 2.05. The van der Waals surface area contributed by atoms with Gasteiger partial charge in [-0.1, -0.05) is 0 Å². The van der Waals surface area contributed by atoms with Crippen LogP contribution in [0, 0.1) is 0 Å². The van der Waals surface area contributed by atoms with Gasteiger partial charge in [-0.2, -0.15) is 0 Å². The van der Waals surface area contributed by atoms with Crippen LogP contribution in [0.2, 0.25) is 0 Å². The first kappa shape index (κ1) is 9.84. The van der Waals surface area contributed by atoms with Crippen LogP contribution < -0.4 is 0 Å². The predicted molar refractivity (Wildman–Crippen MR) is 34.8 cm³/mol. The van der Waals surface area contributed by atoms with Crippen LogP contribution in [0.1, 0.15) is 0 Å². The highest BCUT2D eigenvalue weighted by molar-refractivity contribution is 6.22. The quantitative estimate of drug-likeness (QED) is 0.353. The summed E-state index contributed by atoms with van der Waals surface area (Å²) in [4.78, 5) is 9.84. The molecule has 0 aliphatic heterocycles. The van der Waals surface area contributed by atoms with Crippen LogP contribution in [0.25, 0.3) is 0 Å². The Morgan fingerprint density at radius 3 is 2.30 bits per heavy atom. The average Bonchev–Trinajstić information content (AvgIpc) is 2.00. The zero-order chi connectivity index (χ0) is 8.15. The van der Waals surface area contributed by atoms with Gasteiger partial charge in [-0.05, 0) is 0 Å². The normalized spacial score (nSPS) is 19.6. The van der Waals surface area contributed by atoms with E-state index < -0.39 is 24.2 Å². The summed E-state index contributed by atoms with van der Waals surface area (Å²) < 4.78 is 0. The minimum absolute atomic E-state index is 0.205. The van der Waals surface area contributed by atoms with E-state index in [9.17, 15) is 4.79 Å². The van der Waals surface area contributed by atoms with E-state index >= 15 is 0 Å². The van der Waals surface area contributed by atoms with Crippen LogP contribution in [0.5, 0.6) is 0 Å². The number of alkyl halides is 1. The Kier molecular flexibility index (Phi) is 4.55. The fraction of sp³-hybridized carbons (Fsp3) is 0.800. The zero-order valence-corrected chi connectivity index (χ0v) is 5.90. The topological polar surface area (TPSA) is 77.8 Å². The summed E-state index contributed by atoms with van der Waals surface area (Å²) in [6.07, 6.45) is -2.48. The van der Waals surface area contributed by atoms with Crippen molar-refractivity contribution < 1.29 is 20.1 Å². The maximum atomic E-state index is 9.84. The molecule has 3 N–H and O–H groups in total. The lowest BCUT2D eigenvalue weighted by Gasteiger charge is -2.15. The number of rotatable bonds is 4.